The topological polar surface area (TPSA) is 54.9 Å². The Morgan fingerprint density at radius 1 is 0.926 bits per heavy atom. The summed E-state index contributed by atoms with van der Waals surface area (Å²) in [6.45, 7) is 2.23. The molecule has 146 valence electrons. The fourth-order valence-corrected chi connectivity index (χ4v) is 2.49. The van der Waals surface area contributed by atoms with Gasteiger partial charge in [-0.25, -0.2) is 4.39 Å². The first-order valence-electron chi connectivity index (χ1n) is 9.17. The predicted molar refractivity (Wildman–Crippen MR) is 107 cm³/mol. The van der Waals surface area contributed by atoms with Crippen molar-refractivity contribution >= 4 is 5.96 Å². The molecule has 0 spiro atoms. The summed E-state index contributed by atoms with van der Waals surface area (Å²) >= 11 is 0. The highest BCUT2D eigenvalue weighted by molar-refractivity contribution is 5.79. The Morgan fingerprint density at radius 2 is 1.59 bits per heavy atom. The second-order valence-corrected chi connectivity index (χ2v) is 6.03. The number of halogens is 1. The number of hydrogen-bond donors (Lipinski definition) is 2. The lowest BCUT2D eigenvalue weighted by Gasteiger charge is -2.12. The number of nitrogens with one attached hydrogen (secondary N) is 2. The predicted octanol–water partition coefficient (Wildman–Crippen LogP) is 3.40. The molecule has 0 radical (unpaired) electrons. The highest BCUT2D eigenvalue weighted by Crippen LogP contribution is 2.12. The lowest BCUT2D eigenvalue weighted by Crippen LogP contribution is -2.38. The van der Waals surface area contributed by atoms with Crippen LogP contribution >= 0.6 is 0 Å². The Balaban J connectivity index is 1.55. The molecule has 0 aliphatic heterocycles. The first kappa shape index (κ1) is 20.6. The number of unbranched alkanes of at least 4 members (excludes halogenated alkanes) is 1. The summed E-state index contributed by atoms with van der Waals surface area (Å²) in [7, 11) is 3.43. The molecule has 2 N–H and O–H groups in total. The standard InChI is InChI=1S/C21H28FN3O2/c1-23-21(25-15-13-17-5-9-19(26-2)10-6-17)24-14-3-4-16-27-20-11-7-18(22)8-12-20/h5-12H,3-4,13-16H2,1-2H3,(H2,23,24,25). The normalized spacial score (nSPS) is 11.1. The van der Waals surface area contributed by atoms with Crippen LogP contribution in [0.15, 0.2) is 53.5 Å². The van der Waals surface area contributed by atoms with Gasteiger partial charge in [-0.15, -0.1) is 0 Å². The molecule has 0 bridgehead atoms. The smallest absolute Gasteiger partial charge is 0.190 e. The molecule has 27 heavy (non-hydrogen) atoms. The van der Waals surface area contributed by atoms with Gasteiger partial charge in [-0.2, -0.15) is 0 Å². The molecule has 0 aliphatic rings. The Labute approximate surface area is 160 Å². The fourth-order valence-electron chi connectivity index (χ4n) is 2.49. The molecule has 0 aromatic heterocycles. The van der Waals surface area contributed by atoms with Gasteiger partial charge in [0.05, 0.1) is 13.7 Å². The van der Waals surface area contributed by atoms with Crippen molar-refractivity contribution in [2.24, 2.45) is 4.99 Å². The van der Waals surface area contributed by atoms with Crippen molar-refractivity contribution in [1.29, 1.82) is 0 Å². The second kappa shape index (κ2) is 11.8. The second-order valence-electron chi connectivity index (χ2n) is 6.03. The van der Waals surface area contributed by atoms with Crippen LogP contribution in [0.2, 0.25) is 0 Å². The summed E-state index contributed by atoms with van der Waals surface area (Å²) in [4.78, 5) is 4.23. The average Bonchev–Trinajstić information content (AvgIpc) is 2.71. The number of nitrogens with zero attached hydrogens (tertiary/aromatic N) is 1. The van der Waals surface area contributed by atoms with Crippen LogP contribution in [0.25, 0.3) is 0 Å². The van der Waals surface area contributed by atoms with Gasteiger partial charge in [0.1, 0.15) is 17.3 Å². The van der Waals surface area contributed by atoms with Crippen LogP contribution in [0, 0.1) is 5.82 Å². The lowest BCUT2D eigenvalue weighted by atomic mass is 10.1. The molecule has 0 saturated carbocycles. The molecule has 0 heterocycles. The van der Waals surface area contributed by atoms with E-state index in [4.69, 9.17) is 9.47 Å². The van der Waals surface area contributed by atoms with E-state index in [0.717, 1.165) is 44.1 Å². The number of methoxy groups -OCH3 is 1. The zero-order chi connectivity index (χ0) is 19.3. The largest absolute Gasteiger partial charge is 0.497 e. The molecule has 0 unspecified atom stereocenters. The van der Waals surface area contributed by atoms with E-state index in [1.807, 2.05) is 12.1 Å². The van der Waals surface area contributed by atoms with Crippen molar-refractivity contribution in [1.82, 2.24) is 10.6 Å². The highest BCUT2D eigenvalue weighted by atomic mass is 19.1. The van der Waals surface area contributed by atoms with E-state index in [9.17, 15) is 4.39 Å². The van der Waals surface area contributed by atoms with Gasteiger partial charge in [0.25, 0.3) is 0 Å². The SMILES string of the molecule is CN=C(NCCCCOc1ccc(F)cc1)NCCc1ccc(OC)cc1. The number of ether oxygens (including phenoxy) is 2. The first-order valence-corrected chi connectivity index (χ1v) is 9.17. The molecule has 2 aromatic rings. The quantitative estimate of drug-likeness (QED) is 0.381. The van der Waals surface area contributed by atoms with E-state index in [0.29, 0.717) is 12.4 Å². The van der Waals surface area contributed by atoms with Gasteiger partial charge in [-0.3, -0.25) is 4.99 Å². The molecule has 5 nitrogen and oxygen atoms in total. The molecule has 2 aromatic carbocycles. The monoisotopic (exact) mass is 373 g/mol. The van der Waals surface area contributed by atoms with E-state index < -0.39 is 0 Å². The third-order valence-electron chi connectivity index (χ3n) is 4.03. The minimum Gasteiger partial charge on any atom is -0.497 e. The first-order chi connectivity index (χ1) is 13.2. The Morgan fingerprint density at radius 3 is 2.26 bits per heavy atom. The molecule has 6 heteroatoms. The number of guanidine groups is 1. The van der Waals surface area contributed by atoms with Crippen molar-refractivity contribution < 1.29 is 13.9 Å². The summed E-state index contributed by atoms with van der Waals surface area (Å²) in [6, 6.07) is 14.2. The van der Waals surface area contributed by atoms with Crippen molar-refractivity contribution in [3.05, 3.63) is 59.9 Å². The van der Waals surface area contributed by atoms with Gasteiger partial charge in [-0.05, 0) is 61.2 Å². The van der Waals surface area contributed by atoms with Crippen molar-refractivity contribution in [3.63, 3.8) is 0 Å². The van der Waals surface area contributed by atoms with Crippen LogP contribution in [-0.2, 0) is 6.42 Å². The summed E-state index contributed by atoms with van der Waals surface area (Å²) in [6.07, 6.45) is 2.78. The molecular formula is C21H28FN3O2. The Bertz CT molecular complexity index is 688. The fraction of sp³-hybridized carbons (Fsp3) is 0.381. The molecule has 0 aliphatic carbocycles. The molecule has 0 atom stereocenters. The van der Waals surface area contributed by atoms with E-state index in [1.165, 1.54) is 17.7 Å². The van der Waals surface area contributed by atoms with Gasteiger partial charge in [0.15, 0.2) is 5.96 Å². The molecular weight excluding hydrogens is 345 g/mol. The van der Waals surface area contributed by atoms with Crippen molar-refractivity contribution in [2.75, 3.05) is 33.9 Å². The third-order valence-corrected chi connectivity index (χ3v) is 4.03. The summed E-state index contributed by atoms with van der Waals surface area (Å²) in [5.74, 6) is 2.10. The Hall–Kier alpha value is -2.76. The zero-order valence-corrected chi connectivity index (χ0v) is 16.0. The molecule has 0 fully saturated rings. The summed E-state index contributed by atoms with van der Waals surface area (Å²) in [5, 5.41) is 6.60. The zero-order valence-electron chi connectivity index (χ0n) is 16.0. The maximum Gasteiger partial charge on any atom is 0.190 e. The van der Waals surface area contributed by atoms with Gasteiger partial charge in [0.2, 0.25) is 0 Å². The van der Waals surface area contributed by atoms with E-state index in [-0.39, 0.29) is 5.82 Å². The maximum atomic E-state index is 12.8. The van der Waals surface area contributed by atoms with Crippen LogP contribution in [0.3, 0.4) is 0 Å². The van der Waals surface area contributed by atoms with Crippen LogP contribution in [0.5, 0.6) is 11.5 Å². The minimum atomic E-state index is -0.252. The Kier molecular flexibility index (Phi) is 8.96. The maximum absolute atomic E-state index is 12.8. The number of aliphatic imine (C=N–C) groups is 1. The van der Waals surface area contributed by atoms with Crippen molar-refractivity contribution in [3.8, 4) is 11.5 Å². The van der Waals surface area contributed by atoms with Gasteiger partial charge in [-0.1, -0.05) is 12.1 Å². The van der Waals surface area contributed by atoms with Crippen LogP contribution in [0.4, 0.5) is 4.39 Å². The molecule has 0 amide bonds. The summed E-state index contributed by atoms with van der Waals surface area (Å²) < 4.78 is 23.6. The van der Waals surface area contributed by atoms with E-state index >= 15 is 0 Å². The lowest BCUT2D eigenvalue weighted by molar-refractivity contribution is 0.306. The average molecular weight is 373 g/mol. The summed E-state index contributed by atoms with van der Waals surface area (Å²) in [5.41, 5.74) is 1.25. The van der Waals surface area contributed by atoms with Gasteiger partial charge < -0.3 is 20.1 Å². The van der Waals surface area contributed by atoms with Crippen LogP contribution in [-0.4, -0.2) is 39.8 Å². The van der Waals surface area contributed by atoms with Gasteiger partial charge >= 0.3 is 0 Å². The van der Waals surface area contributed by atoms with Crippen molar-refractivity contribution in [2.45, 2.75) is 19.3 Å². The molecule has 2 rings (SSSR count). The van der Waals surface area contributed by atoms with Gasteiger partial charge in [0, 0.05) is 20.1 Å². The highest BCUT2D eigenvalue weighted by Gasteiger charge is 1.99. The third kappa shape index (κ3) is 7.98. The number of benzene rings is 2. The number of rotatable bonds is 10. The van der Waals surface area contributed by atoms with E-state index in [1.54, 1.807) is 26.3 Å². The van der Waals surface area contributed by atoms with E-state index in [2.05, 4.69) is 27.8 Å². The molecule has 0 saturated heterocycles. The number of hydrogen-bond acceptors (Lipinski definition) is 3. The minimum absolute atomic E-state index is 0.252. The van der Waals surface area contributed by atoms with Crippen LogP contribution in [0.1, 0.15) is 18.4 Å². The van der Waals surface area contributed by atoms with Crippen LogP contribution < -0.4 is 20.1 Å².